The summed E-state index contributed by atoms with van der Waals surface area (Å²) in [7, 11) is 0. The summed E-state index contributed by atoms with van der Waals surface area (Å²) >= 11 is 0. The van der Waals surface area contributed by atoms with Crippen molar-refractivity contribution in [3.8, 4) is 0 Å². The van der Waals surface area contributed by atoms with Crippen LogP contribution in [-0.2, 0) is 15.6 Å². The molecule has 2 aromatic heterocycles. The minimum atomic E-state index is -1.43. The summed E-state index contributed by atoms with van der Waals surface area (Å²) < 4.78 is 12.9. The first kappa shape index (κ1) is 22.4. The molecule has 3 N–H and O–H groups in total. The number of hydrogen-bond acceptors (Lipinski definition) is 7. The molecule has 4 rings (SSSR count). The van der Waals surface area contributed by atoms with Crippen LogP contribution in [0.2, 0.25) is 0 Å². The Bertz CT molecular complexity index is 1270. The molecule has 0 saturated carbocycles. The molecule has 0 bridgehead atoms. The molecule has 4 atom stereocenters. The lowest BCUT2D eigenvalue weighted by molar-refractivity contribution is -0.0477. The number of aliphatic hydroxyl groups excluding tert-OH is 2. The van der Waals surface area contributed by atoms with Crippen LogP contribution in [0.4, 0.5) is 0 Å². The van der Waals surface area contributed by atoms with Gasteiger partial charge in [-0.1, -0.05) is 47.6 Å². The highest BCUT2D eigenvalue weighted by atomic mass is 16.6. The largest absolute Gasteiger partial charge is 0.437 e. The number of H-pyrrole nitrogens is 1. The van der Waals surface area contributed by atoms with Gasteiger partial charge >= 0.3 is 5.69 Å². The van der Waals surface area contributed by atoms with Crippen LogP contribution in [0.1, 0.15) is 70.9 Å². The van der Waals surface area contributed by atoms with E-state index in [0.717, 1.165) is 21.8 Å². The molecule has 9 nitrogen and oxygen atoms in total. The maximum Gasteiger partial charge on any atom is 0.330 e. The van der Waals surface area contributed by atoms with Gasteiger partial charge < -0.3 is 19.4 Å². The van der Waals surface area contributed by atoms with E-state index in [1.54, 1.807) is 0 Å². The minimum absolute atomic E-state index is 0.108. The molecule has 0 aliphatic carbocycles. The van der Waals surface area contributed by atoms with E-state index in [-0.39, 0.29) is 16.7 Å². The van der Waals surface area contributed by atoms with Gasteiger partial charge in [0, 0.05) is 17.8 Å². The number of aromatic nitrogens is 3. The molecular formula is C23H29N3O6. The van der Waals surface area contributed by atoms with Crippen molar-refractivity contribution < 1.29 is 19.4 Å². The van der Waals surface area contributed by atoms with Gasteiger partial charge in [0.2, 0.25) is 5.89 Å². The van der Waals surface area contributed by atoms with Crippen LogP contribution >= 0.6 is 0 Å². The fourth-order valence-electron chi connectivity index (χ4n) is 3.88. The van der Waals surface area contributed by atoms with Crippen LogP contribution in [-0.4, -0.2) is 37.0 Å². The van der Waals surface area contributed by atoms with Crippen molar-refractivity contribution in [2.24, 2.45) is 0 Å². The predicted molar refractivity (Wildman–Crippen MR) is 118 cm³/mol. The number of nitrogens with zero attached hydrogens (tertiary/aromatic N) is 2. The molecule has 0 radical (unpaired) electrons. The topological polar surface area (TPSA) is 131 Å². The smallest absolute Gasteiger partial charge is 0.330 e. The van der Waals surface area contributed by atoms with Crippen molar-refractivity contribution in [3.63, 3.8) is 0 Å². The van der Waals surface area contributed by atoms with Crippen LogP contribution in [0.3, 0.4) is 0 Å². The first-order chi connectivity index (χ1) is 14.8. The first-order valence-corrected chi connectivity index (χ1v) is 10.6. The first-order valence-electron chi connectivity index (χ1n) is 10.6. The van der Waals surface area contributed by atoms with Crippen LogP contribution < -0.4 is 11.2 Å². The molecule has 0 spiro atoms. The molecule has 172 valence electrons. The van der Waals surface area contributed by atoms with Crippen LogP contribution in [0.25, 0.3) is 11.1 Å². The van der Waals surface area contributed by atoms with E-state index < -0.39 is 35.8 Å². The Morgan fingerprint density at radius 2 is 1.72 bits per heavy atom. The van der Waals surface area contributed by atoms with Crippen molar-refractivity contribution in [2.75, 3.05) is 0 Å². The number of aromatic amines is 1. The molecule has 0 unspecified atom stereocenters. The van der Waals surface area contributed by atoms with Gasteiger partial charge in [-0.15, -0.1) is 0 Å². The summed E-state index contributed by atoms with van der Waals surface area (Å²) in [5.74, 6) is 0.114. The summed E-state index contributed by atoms with van der Waals surface area (Å²) in [5.41, 5.74) is 1.64. The molecular weight excluding hydrogens is 414 g/mol. The van der Waals surface area contributed by atoms with Gasteiger partial charge in [-0.05, 0) is 22.5 Å². The van der Waals surface area contributed by atoms with Gasteiger partial charge in [0.25, 0.3) is 5.56 Å². The fourth-order valence-corrected chi connectivity index (χ4v) is 3.88. The molecule has 32 heavy (non-hydrogen) atoms. The average molecular weight is 444 g/mol. The third-order valence-electron chi connectivity index (χ3n) is 5.79. The lowest BCUT2D eigenvalue weighted by Crippen LogP contribution is -2.37. The summed E-state index contributed by atoms with van der Waals surface area (Å²) in [6.07, 6.45) is -3.89. The summed E-state index contributed by atoms with van der Waals surface area (Å²) in [4.78, 5) is 30.2. The Kier molecular flexibility index (Phi) is 5.19. The maximum absolute atomic E-state index is 12.1. The van der Waals surface area contributed by atoms with E-state index >= 15 is 0 Å². The maximum atomic E-state index is 12.1. The van der Waals surface area contributed by atoms with Gasteiger partial charge in [-0.2, -0.15) is 0 Å². The van der Waals surface area contributed by atoms with Crippen LogP contribution in [0, 0.1) is 0 Å². The van der Waals surface area contributed by atoms with Crippen molar-refractivity contribution in [1.82, 2.24) is 14.5 Å². The summed E-state index contributed by atoms with van der Waals surface area (Å²) in [6.45, 7) is 12.6. The molecule has 1 aromatic carbocycles. The lowest BCUT2D eigenvalue weighted by Gasteiger charge is -2.24. The van der Waals surface area contributed by atoms with E-state index in [4.69, 9.17) is 9.15 Å². The van der Waals surface area contributed by atoms with Gasteiger partial charge in [0.1, 0.15) is 17.7 Å². The van der Waals surface area contributed by atoms with E-state index in [1.165, 1.54) is 6.20 Å². The number of fused-ring (bicyclic) bond motifs is 1. The second kappa shape index (κ2) is 7.40. The molecule has 1 fully saturated rings. The normalized spacial score (nSPS) is 24.4. The van der Waals surface area contributed by atoms with Crippen molar-refractivity contribution in [3.05, 3.63) is 62.3 Å². The zero-order valence-electron chi connectivity index (χ0n) is 19.0. The zero-order valence-corrected chi connectivity index (χ0v) is 19.0. The van der Waals surface area contributed by atoms with Gasteiger partial charge in [-0.3, -0.25) is 14.3 Å². The molecule has 1 aliphatic rings. The highest BCUT2D eigenvalue weighted by molar-refractivity contribution is 5.79. The van der Waals surface area contributed by atoms with Crippen molar-refractivity contribution in [2.45, 2.75) is 76.9 Å². The Hall–Kier alpha value is -2.75. The fraction of sp³-hybridized carbons (Fsp3) is 0.522. The standard InChI is InChI=1S/C23H29N3O6/c1-22(2,3)11-9-12(23(4,5)6)17-13(10-11)24-19(31-17)18-15(28)16(29)20(32-18)26-8-7-14(27)25-21(26)30/h7-10,15-16,18,20,28-29H,1-6H3,(H,25,27,30)/t15-,16+,18-,20+/m0/s1. The molecule has 3 heterocycles. The molecule has 1 saturated heterocycles. The van der Waals surface area contributed by atoms with E-state index in [9.17, 15) is 19.8 Å². The SMILES string of the molecule is CC(C)(C)c1cc(C(C)(C)C)c2oc([C@H]3O[C@@H](n4ccc(=O)[nH]c4=O)[C@H](O)[C@@H]3O)nc2c1. The highest BCUT2D eigenvalue weighted by Crippen LogP contribution is 2.41. The van der Waals surface area contributed by atoms with Crippen molar-refractivity contribution in [1.29, 1.82) is 0 Å². The zero-order chi connectivity index (χ0) is 23.6. The van der Waals surface area contributed by atoms with Crippen LogP contribution in [0.15, 0.2) is 38.4 Å². The molecule has 9 heteroatoms. The van der Waals surface area contributed by atoms with E-state index in [2.05, 4.69) is 57.6 Å². The number of rotatable bonds is 2. The molecule has 1 aliphatic heterocycles. The lowest BCUT2D eigenvalue weighted by atomic mass is 9.80. The number of aliphatic hydroxyl groups is 2. The average Bonchev–Trinajstić information content (AvgIpc) is 3.21. The number of benzene rings is 1. The Morgan fingerprint density at radius 1 is 1.03 bits per heavy atom. The van der Waals surface area contributed by atoms with Crippen molar-refractivity contribution >= 4 is 11.1 Å². The summed E-state index contributed by atoms with van der Waals surface area (Å²) in [6, 6.07) is 5.21. The van der Waals surface area contributed by atoms with Gasteiger partial charge in [-0.25, -0.2) is 9.78 Å². The number of oxazole rings is 1. The Morgan fingerprint density at radius 3 is 2.31 bits per heavy atom. The minimum Gasteiger partial charge on any atom is -0.437 e. The third-order valence-corrected chi connectivity index (χ3v) is 5.79. The number of ether oxygens (including phenoxy) is 1. The van der Waals surface area contributed by atoms with E-state index in [1.807, 2.05) is 6.07 Å². The predicted octanol–water partition coefficient (Wildman–Crippen LogP) is 2.26. The second-order valence-corrected chi connectivity index (χ2v) is 10.4. The van der Waals surface area contributed by atoms with Crippen LogP contribution in [0.5, 0.6) is 0 Å². The second-order valence-electron chi connectivity index (χ2n) is 10.4. The van der Waals surface area contributed by atoms with E-state index in [0.29, 0.717) is 11.1 Å². The highest BCUT2D eigenvalue weighted by Gasteiger charge is 2.47. The molecule has 3 aromatic rings. The quantitative estimate of drug-likeness (QED) is 0.554. The third kappa shape index (κ3) is 3.80. The Labute approximate surface area is 184 Å². The molecule has 0 amide bonds. The van der Waals surface area contributed by atoms with Gasteiger partial charge in [0.15, 0.2) is 17.9 Å². The van der Waals surface area contributed by atoms with Gasteiger partial charge in [0.05, 0.1) is 0 Å². The number of hydrogen-bond donors (Lipinski definition) is 3. The number of nitrogens with one attached hydrogen (secondary N) is 1. The Balaban J connectivity index is 1.80. The monoisotopic (exact) mass is 443 g/mol. The summed E-state index contributed by atoms with van der Waals surface area (Å²) in [5, 5.41) is 21.2.